The Morgan fingerprint density at radius 1 is 1.39 bits per heavy atom. The van der Waals surface area contributed by atoms with Gasteiger partial charge in [-0.15, -0.1) is 0 Å². The Hall–Kier alpha value is -0.0900. The molecule has 0 aromatic rings. The van der Waals surface area contributed by atoms with Crippen molar-refractivity contribution in [2.24, 2.45) is 5.92 Å². The number of likely N-dealkylation sites (tertiary alicyclic amines) is 1. The second-order valence-electron chi connectivity index (χ2n) is 5.68. The van der Waals surface area contributed by atoms with E-state index in [1.54, 1.807) is 0 Å². The van der Waals surface area contributed by atoms with E-state index in [4.69, 9.17) is 0 Å². The number of piperidine rings is 1. The number of amides is 1. The summed E-state index contributed by atoms with van der Waals surface area (Å²) in [5.41, 5.74) is 0. The maximum absolute atomic E-state index is 12.0. The van der Waals surface area contributed by atoms with Crippen molar-refractivity contribution in [3.8, 4) is 0 Å². The Bertz CT molecular complexity index is 263. The summed E-state index contributed by atoms with van der Waals surface area (Å²) >= 11 is 3.45. The van der Waals surface area contributed by atoms with Gasteiger partial charge in [-0.05, 0) is 46.1 Å². The van der Waals surface area contributed by atoms with Crippen LogP contribution in [0.15, 0.2) is 0 Å². The van der Waals surface area contributed by atoms with Crippen molar-refractivity contribution in [1.82, 2.24) is 9.80 Å². The first-order valence-corrected chi connectivity index (χ1v) is 8.00. The molecule has 0 aromatic carbocycles. The van der Waals surface area contributed by atoms with E-state index in [1.165, 1.54) is 0 Å². The van der Waals surface area contributed by atoms with Gasteiger partial charge in [-0.2, -0.15) is 0 Å². The molecule has 0 aromatic heterocycles. The normalized spacial score (nSPS) is 19.6. The molecule has 1 fully saturated rings. The summed E-state index contributed by atoms with van der Waals surface area (Å²) in [5.74, 6) is 1.02. The lowest BCUT2D eigenvalue weighted by Crippen LogP contribution is -2.44. The van der Waals surface area contributed by atoms with Gasteiger partial charge in [0.2, 0.25) is 5.91 Å². The molecule has 18 heavy (non-hydrogen) atoms. The van der Waals surface area contributed by atoms with Gasteiger partial charge in [0.15, 0.2) is 0 Å². The molecule has 1 atom stereocenters. The minimum absolute atomic E-state index is 0.00684. The van der Waals surface area contributed by atoms with Crippen molar-refractivity contribution < 1.29 is 4.79 Å². The van der Waals surface area contributed by atoms with Crippen molar-refractivity contribution in [2.75, 3.05) is 26.7 Å². The Kier molecular flexibility index (Phi) is 6.64. The predicted molar refractivity (Wildman–Crippen MR) is 80.1 cm³/mol. The molecule has 1 aliphatic rings. The summed E-state index contributed by atoms with van der Waals surface area (Å²) in [5, 5.41) is 0. The Labute approximate surface area is 120 Å². The molecule has 1 amide bonds. The Balaban J connectivity index is 2.35. The van der Waals surface area contributed by atoms with E-state index in [-0.39, 0.29) is 10.7 Å². The van der Waals surface area contributed by atoms with Crippen LogP contribution < -0.4 is 0 Å². The van der Waals surface area contributed by atoms with Crippen LogP contribution >= 0.6 is 15.9 Å². The molecule has 0 aliphatic carbocycles. The number of rotatable bonds is 5. The second kappa shape index (κ2) is 7.49. The average molecular weight is 319 g/mol. The molecule has 4 heteroatoms. The van der Waals surface area contributed by atoms with Crippen LogP contribution in [0.2, 0.25) is 0 Å². The maximum Gasteiger partial charge on any atom is 0.236 e. The number of hydrogen-bond acceptors (Lipinski definition) is 2. The smallest absolute Gasteiger partial charge is 0.236 e. The van der Waals surface area contributed by atoms with Crippen LogP contribution in [0.1, 0.15) is 40.0 Å². The highest BCUT2D eigenvalue weighted by molar-refractivity contribution is 9.10. The van der Waals surface area contributed by atoms with Gasteiger partial charge in [0, 0.05) is 25.7 Å². The third-order valence-corrected chi connectivity index (χ3v) is 5.02. The molecule has 0 N–H and O–H groups in total. The van der Waals surface area contributed by atoms with Gasteiger partial charge >= 0.3 is 0 Å². The van der Waals surface area contributed by atoms with E-state index in [9.17, 15) is 4.79 Å². The van der Waals surface area contributed by atoms with Gasteiger partial charge in [-0.1, -0.05) is 22.9 Å². The first-order chi connectivity index (χ1) is 8.45. The van der Waals surface area contributed by atoms with E-state index in [0.29, 0.717) is 6.04 Å². The lowest BCUT2D eigenvalue weighted by Gasteiger charge is -2.35. The fourth-order valence-electron chi connectivity index (χ4n) is 2.33. The van der Waals surface area contributed by atoms with Gasteiger partial charge < -0.3 is 9.80 Å². The van der Waals surface area contributed by atoms with Crippen LogP contribution in [-0.2, 0) is 4.79 Å². The average Bonchev–Trinajstić information content (AvgIpc) is 2.37. The number of hydrogen-bond donors (Lipinski definition) is 0. The van der Waals surface area contributed by atoms with E-state index in [1.807, 2.05) is 11.8 Å². The molecule has 1 saturated heterocycles. The number of halogens is 1. The monoisotopic (exact) mass is 318 g/mol. The van der Waals surface area contributed by atoms with Crippen molar-refractivity contribution in [3.63, 3.8) is 0 Å². The van der Waals surface area contributed by atoms with Crippen LogP contribution in [0, 0.1) is 5.92 Å². The second-order valence-corrected chi connectivity index (χ2v) is 6.78. The summed E-state index contributed by atoms with van der Waals surface area (Å²) in [7, 11) is 2.19. The highest BCUT2D eigenvalue weighted by atomic mass is 79.9. The van der Waals surface area contributed by atoms with Crippen LogP contribution in [0.4, 0.5) is 0 Å². The number of alkyl halides is 1. The minimum atomic E-state index is 0.00684. The van der Waals surface area contributed by atoms with Crippen LogP contribution in [0.25, 0.3) is 0 Å². The summed E-state index contributed by atoms with van der Waals surface area (Å²) in [4.78, 5) is 16.5. The summed E-state index contributed by atoms with van der Waals surface area (Å²) in [6.07, 6.45) is 3.16. The fourth-order valence-corrected chi connectivity index (χ4v) is 2.62. The number of carbonyl (C=O) groups excluding carboxylic acids is 1. The summed E-state index contributed by atoms with van der Waals surface area (Å²) in [6, 6.07) is 0.608. The molecule has 0 saturated carbocycles. The lowest BCUT2D eigenvalue weighted by molar-refractivity contribution is -0.132. The molecule has 0 radical (unpaired) electrons. The van der Waals surface area contributed by atoms with E-state index in [0.717, 1.165) is 44.8 Å². The van der Waals surface area contributed by atoms with Gasteiger partial charge in [0.25, 0.3) is 0 Å². The van der Waals surface area contributed by atoms with Crippen LogP contribution in [0.3, 0.4) is 0 Å². The third-order valence-electron chi connectivity index (χ3n) is 3.98. The first-order valence-electron chi connectivity index (χ1n) is 7.08. The summed E-state index contributed by atoms with van der Waals surface area (Å²) in [6.45, 7) is 9.52. The van der Waals surface area contributed by atoms with E-state index >= 15 is 0 Å². The zero-order chi connectivity index (χ0) is 13.7. The molecule has 1 heterocycles. The maximum atomic E-state index is 12.0. The van der Waals surface area contributed by atoms with Crippen molar-refractivity contribution in [1.29, 1.82) is 0 Å². The predicted octanol–water partition coefficient (Wildman–Crippen LogP) is 2.74. The largest absolute Gasteiger partial charge is 0.342 e. The number of nitrogens with zero attached hydrogens (tertiary/aromatic N) is 2. The topological polar surface area (TPSA) is 23.6 Å². The van der Waals surface area contributed by atoms with Crippen LogP contribution in [0.5, 0.6) is 0 Å². The molecule has 3 nitrogen and oxygen atoms in total. The third kappa shape index (κ3) is 4.54. The Morgan fingerprint density at radius 2 is 1.94 bits per heavy atom. The molecule has 106 valence electrons. The Morgan fingerprint density at radius 3 is 2.39 bits per heavy atom. The van der Waals surface area contributed by atoms with Gasteiger partial charge in [-0.3, -0.25) is 4.79 Å². The fraction of sp³-hybridized carbons (Fsp3) is 0.929. The standard InChI is InChI=1S/C14H27BrN2O/c1-5-13(15)14(18)17-8-6-12(7-9-17)10-16(4)11(2)3/h11-13H,5-10H2,1-4H3. The molecule has 0 bridgehead atoms. The van der Waals surface area contributed by atoms with Crippen molar-refractivity contribution >= 4 is 21.8 Å². The van der Waals surface area contributed by atoms with Gasteiger partial charge in [0.05, 0.1) is 4.83 Å². The highest BCUT2D eigenvalue weighted by Gasteiger charge is 2.26. The molecule has 1 unspecified atom stereocenters. The van der Waals surface area contributed by atoms with Crippen molar-refractivity contribution in [3.05, 3.63) is 0 Å². The molecule has 0 spiro atoms. The van der Waals surface area contributed by atoms with Gasteiger partial charge in [-0.25, -0.2) is 0 Å². The number of carbonyl (C=O) groups is 1. The highest BCUT2D eigenvalue weighted by Crippen LogP contribution is 2.21. The lowest BCUT2D eigenvalue weighted by atomic mass is 9.95. The van der Waals surface area contributed by atoms with Gasteiger partial charge in [0.1, 0.15) is 0 Å². The molecular weight excluding hydrogens is 292 g/mol. The molecule has 1 rings (SSSR count). The first kappa shape index (κ1) is 16.0. The quantitative estimate of drug-likeness (QED) is 0.728. The minimum Gasteiger partial charge on any atom is -0.342 e. The van der Waals surface area contributed by atoms with Crippen molar-refractivity contribution in [2.45, 2.75) is 50.9 Å². The molecular formula is C14H27BrN2O. The zero-order valence-corrected chi connectivity index (χ0v) is 13.7. The molecule has 1 aliphatic heterocycles. The van der Waals surface area contributed by atoms with Crippen LogP contribution in [-0.4, -0.2) is 53.3 Å². The SMILES string of the molecule is CCC(Br)C(=O)N1CCC(CN(C)C(C)C)CC1. The van der Waals surface area contributed by atoms with E-state index < -0.39 is 0 Å². The zero-order valence-electron chi connectivity index (χ0n) is 12.2. The summed E-state index contributed by atoms with van der Waals surface area (Å²) < 4.78 is 0. The van der Waals surface area contributed by atoms with E-state index in [2.05, 4.69) is 41.7 Å².